The van der Waals surface area contributed by atoms with Gasteiger partial charge in [0.15, 0.2) is 0 Å². The first-order chi connectivity index (χ1) is 9.97. The van der Waals surface area contributed by atoms with Crippen LogP contribution in [0.5, 0.6) is 0 Å². The number of fused-ring (bicyclic) bond motifs is 1. The first kappa shape index (κ1) is 14.3. The monoisotopic (exact) mass is 309 g/mol. The Hall–Kier alpha value is -1.67. The van der Waals surface area contributed by atoms with Gasteiger partial charge < -0.3 is 4.98 Å². The number of hydrogen-bond acceptors (Lipinski definition) is 4. The number of aryl methyl sites for hydroxylation is 4. The number of imidazole rings is 1. The van der Waals surface area contributed by atoms with Gasteiger partial charge in [0.25, 0.3) is 0 Å². The van der Waals surface area contributed by atoms with Crippen LogP contribution in [0.2, 0.25) is 0 Å². The SMILES string of the molecule is Cc1n[nH]c(C)c1S(=O)(=O)NCc1nc2c([nH]1)CCCC2. The normalized spacial score (nSPS) is 15.1. The Morgan fingerprint density at radius 1 is 1.24 bits per heavy atom. The van der Waals surface area contributed by atoms with Gasteiger partial charge in [0.1, 0.15) is 10.7 Å². The quantitative estimate of drug-likeness (QED) is 0.787. The molecular weight excluding hydrogens is 290 g/mol. The summed E-state index contributed by atoms with van der Waals surface area (Å²) in [7, 11) is -3.58. The van der Waals surface area contributed by atoms with E-state index in [4.69, 9.17) is 0 Å². The van der Waals surface area contributed by atoms with E-state index in [1.807, 2.05) is 0 Å². The van der Waals surface area contributed by atoms with Crippen molar-refractivity contribution in [2.24, 2.45) is 0 Å². The molecule has 3 rings (SSSR count). The van der Waals surface area contributed by atoms with Crippen LogP contribution in [-0.2, 0) is 29.4 Å². The predicted molar refractivity (Wildman–Crippen MR) is 77.3 cm³/mol. The van der Waals surface area contributed by atoms with Gasteiger partial charge in [-0.1, -0.05) is 0 Å². The van der Waals surface area contributed by atoms with E-state index < -0.39 is 10.0 Å². The van der Waals surface area contributed by atoms with Crippen molar-refractivity contribution in [1.29, 1.82) is 0 Å². The average molecular weight is 309 g/mol. The lowest BCUT2D eigenvalue weighted by Gasteiger charge is -2.07. The van der Waals surface area contributed by atoms with Gasteiger partial charge in [-0.25, -0.2) is 18.1 Å². The van der Waals surface area contributed by atoms with Crippen molar-refractivity contribution in [3.8, 4) is 0 Å². The number of rotatable bonds is 4. The number of nitrogens with one attached hydrogen (secondary N) is 3. The molecule has 0 saturated heterocycles. The van der Waals surface area contributed by atoms with Crippen molar-refractivity contribution in [1.82, 2.24) is 24.9 Å². The molecule has 2 aromatic heterocycles. The lowest BCUT2D eigenvalue weighted by molar-refractivity contribution is 0.578. The van der Waals surface area contributed by atoms with Gasteiger partial charge in [0, 0.05) is 5.69 Å². The molecule has 0 radical (unpaired) electrons. The van der Waals surface area contributed by atoms with E-state index >= 15 is 0 Å². The summed E-state index contributed by atoms with van der Waals surface area (Å²) in [5.41, 5.74) is 3.23. The molecule has 0 aliphatic heterocycles. The summed E-state index contributed by atoms with van der Waals surface area (Å²) in [6.07, 6.45) is 4.28. The van der Waals surface area contributed by atoms with Crippen LogP contribution in [0.4, 0.5) is 0 Å². The molecule has 0 atom stereocenters. The number of nitrogens with zero attached hydrogens (tertiary/aromatic N) is 2. The summed E-state index contributed by atoms with van der Waals surface area (Å²) in [6, 6.07) is 0. The van der Waals surface area contributed by atoms with E-state index in [9.17, 15) is 8.42 Å². The molecule has 7 nitrogen and oxygen atoms in total. The van der Waals surface area contributed by atoms with Crippen molar-refractivity contribution in [3.05, 3.63) is 28.6 Å². The van der Waals surface area contributed by atoms with Crippen LogP contribution in [0.25, 0.3) is 0 Å². The molecule has 1 aliphatic rings. The van der Waals surface area contributed by atoms with Crippen LogP contribution < -0.4 is 4.72 Å². The van der Waals surface area contributed by atoms with Crippen molar-refractivity contribution in [2.45, 2.75) is 51.0 Å². The first-order valence-corrected chi connectivity index (χ1v) is 8.53. The third-order valence-corrected chi connectivity index (χ3v) is 5.43. The zero-order chi connectivity index (χ0) is 15.0. The summed E-state index contributed by atoms with van der Waals surface area (Å²) < 4.78 is 27.3. The molecule has 0 fully saturated rings. The molecule has 0 spiro atoms. The maximum atomic E-state index is 12.3. The van der Waals surface area contributed by atoms with Gasteiger partial charge in [0.05, 0.1) is 23.6 Å². The molecule has 1 aliphatic carbocycles. The summed E-state index contributed by atoms with van der Waals surface area (Å²) in [5.74, 6) is 0.671. The molecule has 0 unspecified atom stereocenters. The van der Waals surface area contributed by atoms with Crippen LogP contribution in [0.15, 0.2) is 4.90 Å². The molecule has 3 N–H and O–H groups in total. The van der Waals surface area contributed by atoms with Crippen LogP contribution in [0.1, 0.15) is 41.4 Å². The molecule has 21 heavy (non-hydrogen) atoms. The number of H-pyrrole nitrogens is 2. The Labute approximate surface area is 123 Å². The second kappa shape index (κ2) is 5.27. The largest absolute Gasteiger partial charge is 0.345 e. The lowest BCUT2D eigenvalue weighted by atomic mass is 10.0. The maximum Gasteiger partial charge on any atom is 0.244 e. The topological polar surface area (TPSA) is 104 Å². The lowest BCUT2D eigenvalue weighted by Crippen LogP contribution is -2.24. The van der Waals surface area contributed by atoms with Crippen molar-refractivity contribution in [3.63, 3.8) is 0 Å². The van der Waals surface area contributed by atoms with E-state index in [0.717, 1.165) is 37.1 Å². The van der Waals surface area contributed by atoms with E-state index in [1.165, 1.54) is 0 Å². The first-order valence-electron chi connectivity index (χ1n) is 7.05. The third-order valence-electron chi connectivity index (χ3n) is 3.76. The third kappa shape index (κ3) is 2.73. The van der Waals surface area contributed by atoms with Crippen LogP contribution in [-0.4, -0.2) is 28.6 Å². The van der Waals surface area contributed by atoms with Gasteiger partial charge in [-0.2, -0.15) is 5.10 Å². The fourth-order valence-corrected chi connectivity index (χ4v) is 4.12. The highest BCUT2D eigenvalue weighted by atomic mass is 32.2. The summed E-state index contributed by atoms with van der Waals surface area (Å²) in [6.45, 7) is 3.53. The molecule has 2 heterocycles. The zero-order valence-electron chi connectivity index (χ0n) is 12.2. The minimum absolute atomic E-state index is 0.166. The summed E-state index contributed by atoms with van der Waals surface area (Å²) in [5, 5.41) is 6.61. The Bertz CT molecular complexity index is 717. The van der Waals surface area contributed by atoms with Gasteiger partial charge >= 0.3 is 0 Å². The van der Waals surface area contributed by atoms with Crippen LogP contribution in [0, 0.1) is 13.8 Å². The Balaban J connectivity index is 1.76. The molecule has 2 aromatic rings. The van der Waals surface area contributed by atoms with Gasteiger partial charge in [-0.3, -0.25) is 5.10 Å². The molecule has 0 bridgehead atoms. The smallest absolute Gasteiger partial charge is 0.244 e. The maximum absolute atomic E-state index is 12.3. The fourth-order valence-electron chi connectivity index (χ4n) is 2.77. The van der Waals surface area contributed by atoms with Crippen LogP contribution >= 0.6 is 0 Å². The standard InChI is InChI=1S/C13H19N5O2S/c1-8-13(9(2)18-17-8)21(19,20)14-7-12-15-10-5-3-4-6-11(10)16-12/h14H,3-7H2,1-2H3,(H,15,16)(H,17,18). The highest BCUT2D eigenvalue weighted by Crippen LogP contribution is 2.19. The average Bonchev–Trinajstić information content (AvgIpc) is 3.00. The van der Waals surface area contributed by atoms with Gasteiger partial charge in [0.2, 0.25) is 10.0 Å². The minimum atomic E-state index is -3.58. The highest BCUT2D eigenvalue weighted by molar-refractivity contribution is 7.89. The van der Waals surface area contributed by atoms with Crippen LogP contribution in [0.3, 0.4) is 0 Å². The molecular formula is C13H19N5O2S. The van der Waals surface area contributed by atoms with E-state index in [1.54, 1.807) is 13.8 Å². The van der Waals surface area contributed by atoms with Gasteiger partial charge in [-0.05, 0) is 39.5 Å². The Morgan fingerprint density at radius 3 is 2.67 bits per heavy atom. The highest BCUT2D eigenvalue weighted by Gasteiger charge is 2.23. The Morgan fingerprint density at radius 2 is 2.00 bits per heavy atom. The number of aromatic nitrogens is 4. The van der Waals surface area contributed by atoms with Gasteiger partial charge in [-0.15, -0.1) is 0 Å². The molecule has 0 aromatic carbocycles. The van der Waals surface area contributed by atoms with Crippen molar-refractivity contribution in [2.75, 3.05) is 0 Å². The zero-order valence-corrected chi connectivity index (χ0v) is 13.0. The second-order valence-corrected chi connectivity index (χ2v) is 7.11. The molecule has 0 amide bonds. The Kier molecular flexibility index (Phi) is 3.58. The summed E-state index contributed by atoms with van der Waals surface area (Å²) >= 11 is 0. The van der Waals surface area contributed by atoms with Crippen molar-refractivity contribution < 1.29 is 8.42 Å². The van der Waals surface area contributed by atoms with Crippen molar-refractivity contribution >= 4 is 10.0 Å². The molecule has 114 valence electrons. The predicted octanol–water partition coefficient (Wildman–Crippen LogP) is 1.11. The van der Waals surface area contributed by atoms with E-state index in [2.05, 4.69) is 24.9 Å². The summed E-state index contributed by atoms with van der Waals surface area (Å²) in [4.78, 5) is 7.91. The number of aromatic amines is 2. The molecule has 0 saturated carbocycles. The minimum Gasteiger partial charge on any atom is -0.345 e. The molecule has 8 heteroatoms. The number of hydrogen-bond donors (Lipinski definition) is 3. The number of sulfonamides is 1. The van der Waals surface area contributed by atoms with E-state index in [0.29, 0.717) is 17.2 Å². The second-order valence-electron chi connectivity index (χ2n) is 5.40. The van der Waals surface area contributed by atoms with E-state index in [-0.39, 0.29) is 11.4 Å². The fraction of sp³-hybridized carbons (Fsp3) is 0.538.